The first kappa shape index (κ1) is 14.8. The maximum absolute atomic E-state index is 6.24. The van der Waals surface area contributed by atoms with Gasteiger partial charge in [-0.05, 0) is 29.5 Å². The molecular formula is C19H25N. The van der Waals surface area contributed by atoms with E-state index in [4.69, 9.17) is 5.73 Å². The van der Waals surface area contributed by atoms with Crippen molar-refractivity contribution in [2.75, 3.05) is 0 Å². The van der Waals surface area contributed by atoms with Gasteiger partial charge in [-0.15, -0.1) is 0 Å². The lowest BCUT2D eigenvalue weighted by molar-refractivity contribution is 0.581. The Labute approximate surface area is 122 Å². The number of nitrogens with two attached hydrogens (primary N) is 1. The first-order valence-electron chi connectivity index (χ1n) is 7.68. The van der Waals surface area contributed by atoms with Gasteiger partial charge in [0.25, 0.3) is 0 Å². The highest BCUT2D eigenvalue weighted by Gasteiger charge is 2.05. The van der Waals surface area contributed by atoms with Crippen molar-refractivity contribution in [3.63, 3.8) is 0 Å². The van der Waals surface area contributed by atoms with Gasteiger partial charge in [-0.25, -0.2) is 0 Å². The molecule has 1 heteroatoms. The molecule has 1 nitrogen and oxygen atoms in total. The van der Waals surface area contributed by atoms with Crippen molar-refractivity contribution in [1.82, 2.24) is 0 Å². The molecule has 0 aliphatic carbocycles. The molecule has 0 heterocycles. The summed E-state index contributed by atoms with van der Waals surface area (Å²) in [6.45, 7) is 2.23. The smallest absolute Gasteiger partial charge is 0.0294 e. The van der Waals surface area contributed by atoms with E-state index < -0.39 is 0 Å². The van der Waals surface area contributed by atoms with Crippen LogP contribution in [0.15, 0.2) is 54.6 Å². The van der Waals surface area contributed by atoms with E-state index in [2.05, 4.69) is 61.5 Å². The third kappa shape index (κ3) is 4.50. The van der Waals surface area contributed by atoms with Crippen molar-refractivity contribution in [3.05, 3.63) is 71.3 Å². The maximum atomic E-state index is 6.24. The summed E-state index contributed by atoms with van der Waals surface area (Å²) in [7, 11) is 0. The van der Waals surface area contributed by atoms with E-state index in [1.165, 1.54) is 36.0 Å². The molecule has 0 aliphatic rings. The Morgan fingerprint density at radius 3 is 2.15 bits per heavy atom. The summed E-state index contributed by atoms with van der Waals surface area (Å²) < 4.78 is 0. The normalized spacial score (nSPS) is 12.3. The molecule has 0 saturated carbocycles. The second kappa shape index (κ2) is 7.86. The predicted molar refractivity (Wildman–Crippen MR) is 86.8 cm³/mol. The molecule has 0 fully saturated rings. The van der Waals surface area contributed by atoms with Crippen LogP contribution in [0.1, 0.15) is 55.3 Å². The van der Waals surface area contributed by atoms with Crippen LogP contribution in [0, 0.1) is 0 Å². The molecule has 2 aromatic carbocycles. The van der Waals surface area contributed by atoms with Crippen LogP contribution in [0.5, 0.6) is 0 Å². The third-order valence-corrected chi connectivity index (χ3v) is 3.78. The summed E-state index contributed by atoms with van der Waals surface area (Å²) in [6, 6.07) is 19.6. The molecule has 1 atom stereocenters. The minimum Gasteiger partial charge on any atom is -0.324 e. The zero-order valence-corrected chi connectivity index (χ0v) is 12.4. The Kier molecular flexibility index (Phi) is 5.82. The molecule has 1 unspecified atom stereocenters. The molecule has 2 aromatic rings. The Bertz CT molecular complexity index is 487. The Balaban J connectivity index is 1.92. The van der Waals surface area contributed by atoms with Gasteiger partial charge in [-0.3, -0.25) is 0 Å². The molecule has 2 N–H and O–H groups in total. The molecule has 0 spiro atoms. The maximum Gasteiger partial charge on any atom is 0.0294 e. The lowest BCUT2D eigenvalue weighted by Crippen LogP contribution is -2.10. The third-order valence-electron chi connectivity index (χ3n) is 3.78. The highest BCUT2D eigenvalue weighted by molar-refractivity contribution is 5.29. The fraction of sp³-hybridized carbons (Fsp3) is 0.368. The van der Waals surface area contributed by atoms with Crippen LogP contribution in [0.4, 0.5) is 0 Å². The lowest BCUT2D eigenvalue weighted by atomic mass is 9.98. The molecule has 0 aromatic heterocycles. The minimum absolute atomic E-state index is 0.187. The lowest BCUT2D eigenvalue weighted by Gasteiger charge is -2.12. The van der Waals surface area contributed by atoms with Crippen molar-refractivity contribution in [1.29, 1.82) is 0 Å². The first-order chi connectivity index (χ1) is 9.79. The molecule has 20 heavy (non-hydrogen) atoms. The molecule has 2 rings (SSSR count). The summed E-state index contributed by atoms with van der Waals surface area (Å²) in [5, 5.41) is 0. The van der Waals surface area contributed by atoms with Gasteiger partial charge in [-0.1, -0.05) is 80.8 Å². The predicted octanol–water partition coefficient (Wildman–Crippen LogP) is 4.86. The summed E-state index contributed by atoms with van der Waals surface area (Å²) >= 11 is 0. The van der Waals surface area contributed by atoms with Crippen LogP contribution >= 0.6 is 0 Å². The number of unbranched alkanes of at least 4 members (excludes halogenated alkanes) is 2. The summed E-state index contributed by atoms with van der Waals surface area (Å²) in [4.78, 5) is 0. The average Bonchev–Trinajstić information content (AvgIpc) is 2.49. The number of benzene rings is 2. The molecule has 0 bridgehead atoms. The van der Waals surface area contributed by atoms with Gasteiger partial charge in [0.1, 0.15) is 0 Å². The summed E-state index contributed by atoms with van der Waals surface area (Å²) in [6.07, 6.45) is 5.84. The average molecular weight is 267 g/mol. The minimum atomic E-state index is 0.187. The second-order valence-electron chi connectivity index (χ2n) is 5.51. The fourth-order valence-corrected chi connectivity index (χ4v) is 2.50. The van der Waals surface area contributed by atoms with E-state index in [0.717, 1.165) is 12.8 Å². The van der Waals surface area contributed by atoms with Gasteiger partial charge in [-0.2, -0.15) is 0 Å². The molecular weight excluding hydrogens is 242 g/mol. The van der Waals surface area contributed by atoms with Crippen molar-refractivity contribution in [2.24, 2.45) is 5.73 Å². The molecule has 0 aliphatic heterocycles. The molecule has 0 amide bonds. The highest BCUT2D eigenvalue weighted by Crippen LogP contribution is 2.19. The highest BCUT2D eigenvalue weighted by atomic mass is 14.6. The standard InChI is InChI=1S/C19H25N/c1-2-3-5-10-19(20)18-13-11-17(12-14-18)15-16-8-6-4-7-9-16/h4,6-9,11-14,19H,2-3,5,10,15,20H2,1H3. The van der Waals surface area contributed by atoms with Crippen LogP contribution in [-0.2, 0) is 6.42 Å². The number of rotatable bonds is 7. The topological polar surface area (TPSA) is 26.0 Å². The van der Waals surface area contributed by atoms with Crippen LogP contribution in [0.3, 0.4) is 0 Å². The van der Waals surface area contributed by atoms with Crippen molar-refractivity contribution in [3.8, 4) is 0 Å². The van der Waals surface area contributed by atoms with Crippen molar-refractivity contribution >= 4 is 0 Å². The summed E-state index contributed by atoms with van der Waals surface area (Å²) in [5.41, 5.74) is 10.2. The Hall–Kier alpha value is -1.60. The van der Waals surface area contributed by atoms with Gasteiger partial charge >= 0.3 is 0 Å². The Morgan fingerprint density at radius 1 is 0.850 bits per heavy atom. The van der Waals surface area contributed by atoms with Gasteiger partial charge in [0.05, 0.1) is 0 Å². The fourth-order valence-electron chi connectivity index (χ4n) is 2.50. The SMILES string of the molecule is CCCCCC(N)c1ccc(Cc2ccccc2)cc1. The van der Waals surface area contributed by atoms with E-state index in [9.17, 15) is 0 Å². The Morgan fingerprint density at radius 2 is 1.50 bits per heavy atom. The van der Waals surface area contributed by atoms with Gasteiger partial charge in [0, 0.05) is 6.04 Å². The van der Waals surface area contributed by atoms with Crippen LogP contribution in [0.2, 0.25) is 0 Å². The van der Waals surface area contributed by atoms with Gasteiger partial charge in [0.15, 0.2) is 0 Å². The van der Waals surface area contributed by atoms with E-state index >= 15 is 0 Å². The van der Waals surface area contributed by atoms with E-state index in [0.29, 0.717) is 0 Å². The number of hydrogen-bond donors (Lipinski definition) is 1. The van der Waals surface area contributed by atoms with E-state index in [-0.39, 0.29) is 6.04 Å². The van der Waals surface area contributed by atoms with Gasteiger partial charge < -0.3 is 5.73 Å². The van der Waals surface area contributed by atoms with Crippen LogP contribution in [-0.4, -0.2) is 0 Å². The molecule has 106 valence electrons. The second-order valence-corrected chi connectivity index (χ2v) is 5.51. The zero-order chi connectivity index (χ0) is 14.2. The van der Waals surface area contributed by atoms with Crippen LogP contribution in [0.25, 0.3) is 0 Å². The summed E-state index contributed by atoms with van der Waals surface area (Å²) in [5.74, 6) is 0. The van der Waals surface area contributed by atoms with Crippen LogP contribution < -0.4 is 5.73 Å². The van der Waals surface area contributed by atoms with E-state index in [1.807, 2.05) is 0 Å². The van der Waals surface area contributed by atoms with Crippen molar-refractivity contribution < 1.29 is 0 Å². The first-order valence-corrected chi connectivity index (χ1v) is 7.68. The number of hydrogen-bond acceptors (Lipinski definition) is 1. The molecule has 0 saturated heterocycles. The van der Waals surface area contributed by atoms with E-state index in [1.54, 1.807) is 0 Å². The quantitative estimate of drug-likeness (QED) is 0.712. The monoisotopic (exact) mass is 267 g/mol. The molecule has 0 radical (unpaired) electrons. The largest absolute Gasteiger partial charge is 0.324 e. The van der Waals surface area contributed by atoms with Gasteiger partial charge in [0.2, 0.25) is 0 Å². The zero-order valence-electron chi connectivity index (χ0n) is 12.4. The van der Waals surface area contributed by atoms with Crippen molar-refractivity contribution in [2.45, 2.75) is 45.1 Å².